The zero-order chi connectivity index (χ0) is 15.5. The lowest BCUT2D eigenvalue weighted by atomic mass is 9.85. The molecule has 0 spiro atoms. The van der Waals surface area contributed by atoms with Crippen LogP contribution in [-0.2, 0) is 12.8 Å². The highest BCUT2D eigenvalue weighted by Crippen LogP contribution is 2.47. The van der Waals surface area contributed by atoms with Gasteiger partial charge in [0.1, 0.15) is 0 Å². The summed E-state index contributed by atoms with van der Waals surface area (Å²) in [6.07, 6.45) is 1.92. The number of aryl methyl sites for hydroxylation is 1. The molecule has 1 unspecified atom stereocenters. The van der Waals surface area contributed by atoms with Crippen molar-refractivity contribution in [3.8, 4) is 0 Å². The Kier molecular flexibility index (Phi) is 5.60. The fourth-order valence-corrected chi connectivity index (χ4v) is 3.61. The fourth-order valence-electron chi connectivity index (χ4n) is 2.88. The highest BCUT2D eigenvalue weighted by Gasteiger charge is 2.36. The van der Waals surface area contributed by atoms with Crippen LogP contribution in [0.3, 0.4) is 0 Å². The van der Waals surface area contributed by atoms with Crippen molar-refractivity contribution in [1.82, 2.24) is 0 Å². The molecule has 0 amide bonds. The molecule has 0 aromatic heterocycles. The minimum absolute atomic E-state index is 0.259. The Morgan fingerprint density at radius 2 is 1.52 bits per heavy atom. The van der Waals surface area contributed by atoms with Crippen molar-refractivity contribution in [2.24, 2.45) is 0 Å². The minimum Gasteiger partial charge on any atom is -0.0826 e. The van der Waals surface area contributed by atoms with E-state index in [-0.39, 0.29) is 5.92 Å². The van der Waals surface area contributed by atoms with Gasteiger partial charge in [0.05, 0.1) is 5.92 Å². The molecule has 2 aromatic rings. The normalized spacial score (nSPS) is 13.2. The molecule has 112 valence electrons. The molecule has 1 atom stereocenters. The van der Waals surface area contributed by atoms with Crippen LogP contribution in [0.25, 0.3) is 0 Å². The fraction of sp³-hybridized carbons (Fsp3) is 0.333. The predicted octanol–water partition coefficient (Wildman–Crippen LogP) is 6.31. The molecule has 0 bridgehead atoms. The second-order valence-electron chi connectivity index (χ2n) is 5.08. The average molecular weight is 342 g/mol. The zero-order valence-electron chi connectivity index (χ0n) is 12.2. The van der Waals surface area contributed by atoms with Gasteiger partial charge < -0.3 is 0 Å². The van der Waals surface area contributed by atoms with Gasteiger partial charge in [0, 0.05) is 0 Å². The SMILES string of the molecule is CCc1cccc(C(c2ccccc2)C(Cl)(Cl)Cl)c1CC. The first kappa shape index (κ1) is 16.7. The molecule has 0 aliphatic rings. The number of halogens is 3. The second kappa shape index (κ2) is 7.05. The van der Waals surface area contributed by atoms with Crippen molar-refractivity contribution < 1.29 is 0 Å². The smallest absolute Gasteiger partial charge is 0.0826 e. The first-order chi connectivity index (χ1) is 9.99. The Morgan fingerprint density at radius 1 is 0.857 bits per heavy atom. The molecule has 0 radical (unpaired) electrons. The molecular weight excluding hydrogens is 323 g/mol. The molecule has 21 heavy (non-hydrogen) atoms. The highest BCUT2D eigenvalue weighted by atomic mass is 35.6. The van der Waals surface area contributed by atoms with E-state index < -0.39 is 3.79 Å². The van der Waals surface area contributed by atoms with E-state index in [1.165, 1.54) is 11.1 Å². The van der Waals surface area contributed by atoms with E-state index >= 15 is 0 Å². The van der Waals surface area contributed by atoms with Gasteiger partial charge in [0.2, 0.25) is 3.79 Å². The molecule has 0 aliphatic heterocycles. The Bertz CT molecular complexity index is 585. The number of rotatable bonds is 4. The predicted molar refractivity (Wildman–Crippen MR) is 93.8 cm³/mol. The highest BCUT2D eigenvalue weighted by molar-refractivity contribution is 6.68. The quantitative estimate of drug-likeness (QED) is 0.571. The summed E-state index contributed by atoms with van der Waals surface area (Å²) in [6, 6.07) is 16.3. The maximum atomic E-state index is 6.32. The van der Waals surface area contributed by atoms with Gasteiger partial charge in [0.15, 0.2) is 0 Å². The van der Waals surface area contributed by atoms with E-state index in [4.69, 9.17) is 34.8 Å². The molecule has 0 saturated heterocycles. The largest absolute Gasteiger partial charge is 0.201 e. The summed E-state index contributed by atoms with van der Waals surface area (Å²) in [7, 11) is 0. The average Bonchev–Trinajstić information content (AvgIpc) is 2.46. The van der Waals surface area contributed by atoms with Crippen molar-refractivity contribution in [2.45, 2.75) is 36.4 Å². The maximum absolute atomic E-state index is 6.32. The summed E-state index contributed by atoms with van der Waals surface area (Å²) in [5.74, 6) is -0.259. The van der Waals surface area contributed by atoms with Crippen LogP contribution < -0.4 is 0 Å². The van der Waals surface area contributed by atoms with Gasteiger partial charge in [-0.3, -0.25) is 0 Å². The molecule has 0 N–H and O–H groups in total. The third-order valence-electron chi connectivity index (χ3n) is 3.81. The number of hydrogen-bond acceptors (Lipinski definition) is 0. The van der Waals surface area contributed by atoms with Crippen LogP contribution in [0, 0.1) is 0 Å². The van der Waals surface area contributed by atoms with Gasteiger partial charge in [-0.25, -0.2) is 0 Å². The van der Waals surface area contributed by atoms with Crippen molar-refractivity contribution in [1.29, 1.82) is 0 Å². The topological polar surface area (TPSA) is 0 Å². The summed E-state index contributed by atoms with van der Waals surface area (Å²) < 4.78 is -1.38. The molecule has 3 heteroatoms. The molecule has 0 aliphatic carbocycles. The molecule has 0 heterocycles. The van der Waals surface area contributed by atoms with Crippen molar-refractivity contribution in [3.05, 3.63) is 70.8 Å². The second-order valence-corrected chi connectivity index (χ2v) is 7.45. The van der Waals surface area contributed by atoms with Crippen molar-refractivity contribution in [3.63, 3.8) is 0 Å². The molecule has 2 rings (SSSR count). The Morgan fingerprint density at radius 3 is 2.05 bits per heavy atom. The van der Waals surface area contributed by atoms with Crippen LogP contribution in [0.2, 0.25) is 0 Å². The number of hydrogen-bond donors (Lipinski definition) is 0. The van der Waals surface area contributed by atoms with Gasteiger partial charge in [-0.05, 0) is 35.1 Å². The Labute approximate surface area is 142 Å². The zero-order valence-corrected chi connectivity index (χ0v) is 14.5. The van der Waals surface area contributed by atoms with E-state index in [2.05, 4.69) is 32.0 Å². The van der Waals surface area contributed by atoms with E-state index in [9.17, 15) is 0 Å². The van der Waals surface area contributed by atoms with E-state index in [1.807, 2.05) is 30.3 Å². The standard InChI is InChI=1S/C18H19Cl3/c1-3-13-11-8-12-16(15(13)4-2)17(18(19,20)21)14-9-6-5-7-10-14/h5-12,17H,3-4H2,1-2H3. The molecule has 0 fully saturated rings. The third kappa shape index (κ3) is 3.74. The van der Waals surface area contributed by atoms with Crippen molar-refractivity contribution >= 4 is 34.8 Å². The third-order valence-corrected chi connectivity index (χ3v) is 4.47. The van der Waals surface area contributed by atoms with E-state index in [0.29, 0.717) is 0 Å². The minimum atomic E-state index is -1.38. The van der Waals surface area contributed by atoms with Crippen LogP contribution in [-0.4, -0.2) is 3.79 Å². The molecular formula is C18H19Cl3. The first-order valence-electron chi connectivity index (χ1n) is 7.21. The molecule has 0 nitrogen and oxygen atoms in total. The summed E-state index contributed by atoms with van der Waals surface area (Å²) >= 11 is 19.0. The summed E-state index contributed by atoms with van der Waals surface area (Å²) in [6.45, 7) is 4.31. The van der Waals surface area contributed by atoms with Crippen LogP contribution >= 0.6 is 34.8 Å². The van der Waals surface area contributed by atoms with Gasteiger partial charge in [-0.15, -0.1) is 0 Å². The first-order valence-corrected chi connectivity index (χ1v) is 8.34. The molecule has 2 aromatic carbocycles. The van der Waals surface area contributed by atoms with Crippen LogP contribution in [0.1, 0.15) is 42.0 Å². The van der Waals surface area contributed by atoms with Gasteiger partial charge in [-0.2, -0.15) is 0 Å². The molecule has 0 saturated carbocycles. The van der Waals surface area contributed by atoms with Crippen LogP contribution in [0.15, 0.2) is 48.5 Å². The van der Waals surface area contributed by atoms with Crippen LogP contribution in [0.4, 0.5) is 0 Å². The van der Waals surface area contributed by atoms with E-state index in [0.717, 1.165) is 24.0 Å². The summed E-state index contributed by atoms with van der Waals surface area (Å²) in [5.41, 5.74) is 4.76. The lowest BCUT2D eigenvalue weighted by molar-refractivity contribution is 0.814. The van der Waals surface area contributed by atoms with Crippen LogP contribution in [0.5, 0.6) is 0 Å². The lowest BCUT2D eigenvalue weighted by Gasteiger charge is -2.28. The van der Waals surface area contributed by atoms with Gasteiger partial charge in [0.25, 0.3) is 0 Å². The maximum Gasteiger partial charge on any atom is 0.201 e. The summed E-state index contributed by atoms with van der Waals surface area (Å²) in [4.78, 5) is 0. The number of alkyl halides is 3. The Hall–Kier alpha value is -0.690. The van der Waals surface area contributed by atoms with Gasteiger partial charge in [-0.1, -0.05) is 97.2 Å². The summed E-state index contributed by atoms with van der Waals surface area (Å²) in [5, 5.41) is 0. The number of benzene rings is 2. The van der Waals surface area contributed by atoms with Crippen molar-refractivity contribution in [2.75, 3.05) is 0 Å². The lowest BCUT2D eigenvalue weighted by Crippen LogP contribution is -2.20. The monoisotopic (exact) mass is 340 g/mol. The Balaban J connectivity index is 2.63. The van der Waals surface area contributed by atoms with E-state index in [1.54, 1.807) is 0 Å². The van der Waals surface area contributed by atoms with Gasteiger partial charge >= 0.3 is 0 Å².